The highest BCUT2D eigenvalue weighted by Gasteiger charge is 2.30. The second-order valence-corrected chi connectivity index (χ2v) is 2.69. The van der Waals surface area contributed by atoms with Crippen molar-refractivity contribution in [2.24, 2.45) is 0 Å². The van der Waals surface area contributed by atoms with Crippen molar-refractivity contribution >= 4 is 5.97 Å². The SMILES string of the molecule is COC(=O)CCC(C(O)CF)[N+](=O)[O-]. The van der Waals surface area contributed by atoms with Crippen LogP contribution in [0.25, 0.3) is 0 Å². The van der Waals surface area contributed by atoms with E-state index in [9.17, 15) is 19.3 Å². The lowest BCUT2D eigenvalue weighted by Gasteiger charge is -2.11. The number of nitrogens with zero attached hydrogens (tertiary/aromatic N) is 1. The van der Waals surface area contributed by atoms with E-state index in [0.717, 1.165) is 7.11 Å². The van der Waals surface area contributed by atoms with Gasteiger partial charge in [-0.1, -0.05) is 0 Å². The van der Waals surface area contributed by atoms with Crippen LogP contribution < -0.4 is 0 Å². The Labute approximate surface area is 79.8 Å². The second-order valence-electron chi connectivity index (χ2n) is 2.69. The first kappa shape index (κ1) is 12.8. The largest absolute Gasteiger partial charge is 0.469 e. The van der Waals surface area contributed by atoms with Gasteiger partial charge in [0.15, 0.2) is 0 Å². The van der Waals surface area contributed by atoms with Crippen LogP contribution in [0.5, 0.6) is 0 Å². The Morgan fingerprint density at radius 1 is 1.71 bits per heavy atom. The lowest BCUT2D eigenvalue weighted by Crippen LogP contribution is -2.35. The van der Waals surface area contributed by atoms with E-state index in [4.69, 9.17) is 5.11 Å². The van der Waals surface area contributed by atoms with Crippen molar-refractivity contribution in [2.45, 2.75) is 25.0 Å². The molecule has 7 heteroatoms. The summed E-state index contributed by atoms with van der Waals surface area (Å²) in [6.45, 7) is -1.20. The predicted octanol–water partition coefficient (Wildman–Crippen LogP) is -0.0847. The third kappa shape index (κ3) is 4.13. The molecule has 0 saturated heterocycles. The van der Waals surface area contributed by atoms with Gasteiger partial charge in [0.25, 0.3) is 0 Å². The smallest absolute Gasteiger partial charge is 0.305 e. The van der Waals surface area contributed by atoms with Crippen molar-refractivity contribution in [1.82, 2.24) is 0 Å². The van der Waals surface area contributed by atoms with Gasteiger partial charge in [-0.3, -0.25) is 14.9 Å². The number of methoxy groups -OCH3 is 1. The summed E-state index contributed by atoms with van der Waals surface area (Å²) in [7, 11) is 1.15. The van der Waals surface area contributed by atoms with Crippen molar-refractivity contribution in [3.63, 3.8) is 0 Å². The van der Waals surface area contributed by atoms with Crippen molar-refractivity contribution in [3.8, 4) is 0 Å². The number of ether oxygens (including phenoxy) is 1. The van der Waals surface area contributed by atoms with E-state index in [0.29, 0.717) is 0 Å². The maximum atomic E-state index is 11.9. The summed E-state index contributed by atoms with van der Waals surface area (Å²) in [4.78, 5) is 20.2. The summed E-state index contributed by atoms with van der Waals surface area (Å²) in [5.41, 5.74) is 0. The van der Waals surface area contributed by atoms with Crippen LogP contribution in [0.2, 0.25) is 0 Å². The van der Waals surface area contributed by atoms with E-state index >= 15 is 0 Å². The first-order valence-corrected chi connectivity index (χ1v) is 3.97. The maximum Gasteiger partial charge on any atom is 0.305 e. The minimum Gasteiger partial charge on any atom is -0.469 e. The normalized spacial score (nSPS) is 14.5. The number of carbonyl (C=O) groups is 1. The van der Waals surface area contributed by atoms with Gasteiger partial charge in [0.2, 0.25) is 6.04 Å². The van der Waals surface area contributed by atoms with Crippen LogP contribution in [0.3, 0.4) is 0 Å². The molecule has 2 atom stereocenters. The van der Waals surface area contributed by atoms with Crippen LogP contribution in [0.4, 0.5) is 4.39 Å². The highest BCUT2D eigenvalue weighted by Crippen LogP contribution is 2.08. The number of hydrogen-bond acceptors (Lipinski definition) is 5. The van der Waals surface area contributed by atoms with Gasteiger partial charge in [0.1, 0.15) is 12.8 Å². The van der Waals surface area contributed by atoms with Crippen molar-refractivity contribution in [1.29, 1.82) is 0 Å². The molecule has 0 spiro atoms. The monoisotopic (exact) mass is 209 g/mol. The second kappa shape index (κ2) is 6.25. The minimum absolute atomic E-state index is 0.209. The fourth-order valence-electron chi connectivity index (χ4n) is 0.909. The van der Waals surface area contributed by atoms with Gasteiger partial charge >= 0.3 is 5.97 Å². The standard InChI is InChI=1S/C7H12FNO5/c1-14-7(11)3-2-5(9(12)13)6(10)4-8/h5-6,10H,2-4H2,1H3. The molecule has 0 rings (SSSR count). The summed E-state index contributed by atoms with van der Waals surface area (Å²) in [5, 5.41) is 19.2. The summed E-state index contributed by atoms with van der Waals surface area (Å²) in [5.74, 6) is -0.622. The summed E-state index contributed by atoms with van der Waals surface area (Å²) in [6.07, 6.45) is -2.11. The molecule has 2 unspecified atom stereocenters. The zero-order valence-electron chi connectivity index (χ0n) is 7.68. The molecule has 0 aromatic heterocycles. The van der Waals surface area contributed by atoms with Crippen LogP contribution in [0.1, 0.15) is 12.8 Å². The Morgan fingerprint density at radius 2 is 2.29 bits per heavy atom. The van der Waals surface area contributed by atoms with Crippen molar-refractivity contribution < 1.29 is 24.0 Å². The topological polar surface area (TPSA) is 89.7 Å². The lowest BCUT2D eigenvalue weighted by molar-refractivity contribution is -0.535. The van der Waals surface area contributed by atoms with Crippen LogP contribution >= 0.6 is 0 Å². The molecule has 0 amide bonds. The van der Waals surface area contributed by atoms with Gasteiger partial charge in [-0.25, -0.2) is 4.39 Å². The van der Waals surface area contributed by atoms with Crippen LogP contribution in [-0.2, 0) is 9.53 Å². The number of halogens is 1. The summed E-state index contributed by atoms with van der Waals surface area (Å²) >= 11 is 0. The number of aliphatic hydroxyl groups excluding tert-OH is 1. The molecule has 0 heterocycles. The van der Waals surface area contributed by atoms with Crippen LogP contribution in [0, 0.1) is 10.1 Å². The van der Waals surface area contributed by atoms with E-state index in [1.807, 2.05) is 0 Å². The van der Waals surface area contributed by atoms with E-state index in [1.165, 1.54) is 0 Å². The quantitative estimate of drug-likeness (QED) is 0.375. The van der Waals surface area contributed by atoms with Gasteiger partial charge in [-0.15, -0.1) is 0 Å². The van der Waals surface area contributed by atoms with Gasteiger partial charge in [0, 0.05) is 11.3 Å². The summed E-state index contributed by atoms with van der Waals surface area (Å²) < 4.78 is 16.2. The molecule has 0 aromatic rings. The minimum atomic E-state index is -1.67. The van der Waals surface area contributed by atoms with Crippen molar-refractivity contribution in [2.75, 3.05) is 13.8 Å². The maximum absolute atomic E-state index is 11.9. The number of esters is 1. The van der Waals surface area contributed by atoms with Crippen LogP contribution in [0.15, 0.2) is 0 Å². The van der Waals surface area contributed by atoms with E-state index in [1.54, 1.807) is 0 Å². The molecule has 14 heavy (non-hydrogen) atoms. The van der Waals surface area contributed by atoms with E-state index in [2.05, 4.69) is 4.74 Å². The van der Waals surface area contributed by atoms with E-state index in [-0.39, 0.29) is 12.8 Å². The van der Waals surface area contributed by atoms with Gasteiger partial charge in [0.05, 0.1) is 13.5 Å². The molecule has 82 valence electrons. The highest BCUT2D eigenvalue weighted by atomic mass is 19.1. The molecule has 0 radical (unpaired) electrons. The third-order valence-electron chi connectivity index (χ3n) is 1.74. The Balaban J connectivity index is 4.10. The molecule has 0 saturated carbocycles. The van der Waals surface area contributed by atoms with Gasteiger partial charge in [-0.05, 0) is 0 Å². The van der Waals surface area contributed by atoms with Crippen LogP contribution in [-0.4, -0.2) is 41.9 Å². The fraction of sp³-hybridized carbons (Fsp3) is 0.857. The van der Waals surface area contributed by atoms with E-state index < -0.39 is 29.7 Å². The molecule has 0 bridgehead atoms. The number of carbonyl (C=O) groups excluding carboxylic acids is 1. The lowest BCUT2D eigenvalue weighted by atomic mass is 10.1. The first-order chi connectivity index (χ1) is 6.52. The molecule has 0 aliphatic heterocycles. The van der Waals surface area contributed by atoms with Gasteiger partial charge in [-0.2, -0.15) is 0 Å². The highest BCUT2D eigenvalue weighted by molar-refractivity contribution is 5.69. The zero-order chi connectivity index (χ0) is 11.1. The molecular formula is C7H12FNO5. The number of aliphatic hydroxyl groups is 1. The number of alkyl halides is 1. The first-order valence-electron chi connectivity index (χ1n) is 3.97. The zero-order valence-corrected chi connectivity index (χ0v) is 7.68. The van der Waals surface area contributed by atoms with Crippen molar-refractivity contribution in [3.05, 3.63) is 10.1 Å². The van der Waals surface area contributed by atoms with Gasteiger partial charge < -0.3 is 9.84 Å². The number of rotatable bonds is 6. The third-order valence-corrected chi connectivity index (χ3v) is 1.74. The summed E-state index contributed by atoms with van der Waals surface area (Å²) in [6, 6.07) is -1.46. The molecule has 0 aliphatic carbocycles. The fourth-order valence-corrected chi connectivity index (χ4v) is 0.909. The average Bonchev–Trinajstić information content (AvgIpc) is 2.16. The Morgan fingerprint density at radius 3 is 2.64 bits per heavy atom. The molecule has 0 aliphatic rings. The molecule has 1 N–H and O–H groups in total. The average molecular weight is 209 g/mol. The predicted molar refractivity (Wildman–Crippen MR) is 44.0 cm³/mol. The number of hydrogen-bond donors (Lipinski definition) is 1. The Kier molecular flexibility index (Phi) is 5.70. The Bertz CT molecular complexity index is 210. The molecular weight excluding hydrogens is 197 g/mol. The molecule has 6 nitrogen and oxygen atoms in total. The number of nitro groups is 1. The molecule has 0 fully saturated rings. The molecule has 0 aromatic carbocycles. The Hall–Kier alpha value is -1.24.